The fourth-order valence-electron chi connectivity index (χ4n) is 2.39. The first-order chi connectivity index (χ1) is 11.9. The number of likely N-dealkylation sites (N-methyl/N-ethyl adjacent to an activating group) is 1. The first-order valence-electron chi connectivity index (χ1n) is 8.05. The van der Waals surface area contributed by atoms with Crippen LogP contribution in [0.3, 0.4) is 0 Å². The minimum Gasteiger partial charge on any atom is -0.460 e. The summed E-state index contributed by atoms with van der Waals surface area (Å²) in [5.74, 6) is 1.69. The van der Waals surface area contributed by atoms with Gasteiger partial charge >= 0.3 is 0 Å². The summed E-state index contributed by atoms with van der Waals surface area (Å²) in [6, 6.07) is 10.00. The van der Waals surface area contributed by atoms with Crippen LogP contribution < -0.4 is 15.5 Å². The zero-order valence-electron chi connectivity index (χ0n) is 14.4. The van der Waals surface area contributed by atoms with Crippen molar-refractivity contribution in [3.05, 3.63) is 58.0 Å². The fourth-order valence-corrected chi connectivity index (χ4v) is 2.39. The van der Waals surface area contributed by atoms with Gasteiger partial charge in [-0.15, -0.1) is 0 Å². The van der Waals surface area contributed by atoms with E-state index < -0.39 is 4.92 Å². The van der Waals surface area contributed by atoms with E-state index in [4.69, 9.17) is 4.42 Å². The number of anilines is 1. The highest BCUT2D eigenvalue weighted by Gasteiger charge is 2.12. The molecule has 8 nitrogen and oxygen atoms in total. The Morgan fingerprint density at radius 1 is 1.20 bits per heavy atom. The number of carbonyl (C=O) groups excluding carboxylic acids is 1. The van der Waals surface area contributed by atoms with Crippen LogP contribution >= 0.6 is 0 Å². The molecule has 0 fully saturated rings. The summed E-state index contributed by atoms with van der Waals surface area (Å²) in [5.41, 5.74) is 0.826. The van der Waals surface area contributed by atoms with Crippen molar-refractivity contribution in [2.75, 3.05) is 32.0 Å². The molecule has 2 aromatic rings. The first kappa shape index (κ1) is 18.5. The molecule has 1 amide bonds. The standard InChI is InChI=1S/C17H22N4O4/c1-13-3-8-16(25-13)11-20(2)12-17(22)19-10-9-18-14-4-6-15(7-5-14)21(23)24/h3-8,18H,9-12H2,1-2H3,(H,19,22)/p+1. The molecule has 0 spiro atoms. The third-order valence-electron chi connectivity index (χ3n) is 3.59. The van der Waals surface area contributed by atoms with Crippen molar-refractivity contribution >= 4 is 17.3 Å². The van der Waals surface area contributed by atoms with E-state index in [1.54, 1.807) is 12.1 Å². The van der Waals surface area contributed by atoms with Crippen LogP contribution in [-0.4, -0.2) is 37.5 Å². The highest BCUT2D eigenvalue weighted by atomic mass is 16.6. The van der Waals surface area contributed by atoms with E-state index in [1.807, 2.05) is 26.1 Å². The van der Waals surface area contributed by atoms with Crippen LogP contribution in [0.2, 0.25) is 0 Å². The average molecular weight is 347 g/mol. The number of hydrogen-bond donors (Lipinski definition) is 3. The van der Waals surface area contributed by atoms with Crippen molar-refractivity contribution in [3.63, 3.8) is 0 Å². The van der Waals surface area contributed by atoms with Crippen LogP contribution in [0.4, 0.5) is 11.4 Å². The Kier molecular flexibility index (Phi) is 6.53. The molecule has 1 unspecified atom stereocenters. The molecule has 0 aliphatic heterocycles. The quantitative estimate of drug-likeness (QED) is 0.353. The molecule has 1 aromatic heterocycles. The number of quaternary nitrogens is 1. The SMILES string of the molecule is Cc1ccc(C[NH+](C)CC(=O)NCCNc2ccc([N+](=O)[O-])cc2)o1. The van der Waals surface area contributed by atoms with Crippen LogP contribution in [0.1, 0.15) is 11.5 Å². The van der Waals surface area contributed by atoms with E-state index in [1.165, 1.54) is 12.1 Å². The molecule has 0 saturated carbocycles. The van der Waals surface area contributed by atoms with E-state index in [0.717, 1.165) is 22.1 Å². The summed E-state index contributed by atoms with van der Waals surface area (Å²) in [5, 5.41) is 16.5. The Labute approximate surface area is 146 Å². The van der Waals surface area contributed by atoms with Crippen LogP contribution in [-0.2, 0) is 11.3 Å². The van der Waals surface area contributed by atoms with Crippen LogP contribution in [0, 0.1) is 17.0 Å². The normalized spacial score (nSPS) is 11.8. The van der Waals surface area contributed by atoms with Gasteiger partial charge in [0.2, 0.25) is 0 Å². The number of nitrogens with zero attached hydrogens (tertiary/aromatic N) is 1. The van der Waals surface area contributed by atoms with Crippen molar-refractivity contribution in [1.82, 2.24) is 5.32 Å². The van der Waals surface area contributed by atoms with Crippen molar-refractivity contribution in [1.29, 1.82) is 0 Å². The Hall–Kier alpha value is -2.87. The summed E-state index contributed by atoms with van der Waals surface area (Å²) < 4.78 is 5.50. The van der Waals surface area contributed by atoms with E-state index in [9.17, 15) is 14.9 Å². The van der Waals surface area contributed by atoms with E-state index >= 15 is 0 Å². The predicted molar refractivity (Wildman–Crippen MR) is 93.5 cm³/mol. The molecule has 8 heteroatoms. The second-order valence-electron chi connectivity index (χ2n) is 5.90. The van der Waals surface area contributed by atoms with Gasteiger partial charge in [-0.05, 0) is 31.2 Å². The smallest absolute Gasteiger partial charge is 0.275 e. The number of hydrogen-bond acceptors (Lipinski definition) is 5. The van der Waals surface area contributed by atoms with Gasteiger partial charge in [-0.3, -0.25) is 14.9 Å². The summed E-state index contributed by atoms with van der Waals surface area (Å²) in [4.78, 5) is 23.1. The number of nitro groups is 1. The third-order valence-corrected chi connectivity index (χ3v) is 3.59. The number of aryl methyl sites for hydroxylation is 1. The zero-order chi connectivity index (χ0) is 18.2. The highest BCUT2D eigenvalue weighted by molar-refractivity contribution is 5.76. The van der Waals surface area contributed by atoms with Gasteiger partial charge < -0.3 is 20.0 Å². The molecule has 25 heavy (non-hydrogen) atoms. The molecule has 1 aromatic carbocycles. The van der Waals surface area contributed by atoms with Crippen molar-refractivity contribution < 1.29 is 19.0 Å². The van der Waals surface area contributed by atoms with Crippen molar-refractivity contribution in [2.45, 2.75) is 13.5 Å². The maximum absolute atomic E-state index is 11.9. The van der Waals surface area contributed by atoms with E-state index in [-0.39, 0.29) is 11.6 Å². The summed E-state index contributed by atoms with van der Waals surface area (Å²) in [6.45, 7) is 3.92. The van der Waals surface area contributed by atoms with Gasteiger partial charge in [0, 0.05) is 30.9 Å². The Bertz CT molecular complexity index is 712. The molecule has 0 bridgehead atoms. The number of benzene rings is 1. The summed E-state index contributed by atoms with van der Waals surface area (Å²) in [7, 11) is 1.94. The topological polar surface area (TPSA) is 102 Å². The van der Waals surface area contributed by atoms with Gasteiger partial charge in [0.25, 0.3) is 11.6 Å². The Morgan fingerprint density at radius 2 is 1.92 bits per heavy atom. The lowest BCUT2D eigenvalue weighted by atomic mass is 10.3. The summed E-state index contributed by atoms with van der Waals surface area (Å²) >= 11 is 0. The molecular weight excluding hydrogens is 324 g/mol. The number of rotatable bonds is 9. The maximum atomic E-state index is 11.9. The lowest BCUT2D eigenvalue weighted by Gasteiger charge is -2.13. The highest BCUT2D eigenvalue weighted by Crippen LogP contribution is 2.14. The molecule has 134 valence electrons. The lowest BCUT2D eigenvalue weighted by molar-refractivity contribution is -0.886. The van der Waals surface area contributed by atoms with Gasteiger partial charge in [0.15, 0.2) is 12.3 Å². The average Bonchev–Trinajstić information content (AvgIpc) is 2.96. The molecule has 1 heterocycles. The minimum atomic E-state index is -0.438. The summed E-state index contributed by atoms with van der Waals surface area (Å²) in [6.07, 6.45) is 0. The second-order valence-corrected chi connectivity index (χ2v) is 5.90. The van der Waals surface area contributed by atoms with Crippen molar-refractivity contribution in [3.8, 4) is 0 Å². The molecule has 0 saturated heterocycles. The third kappa shape index (κ3) is 6.27. The predicted octanol–water partition coefficient (Wildman–Crippen LogP) is 0.739. The molecule has 0 aliphatic rings. The van der Waals surface area contributed by atoms with Gasteiger partial charge in [0.05, 0.1) is 12.0 Å². The van der Waals surface area contributed by atoms with Crippen LogP contribution in [0.25, 0.3) is 0 Å². The van der Waals surface area contributed by atoms with E-state index in [2.05, 4.69) is 10.6 Å². The van der Waals surface area contributed by atoms with E-state index in [0.29, 0.717) is 26.2 Å². The molecule has 3 N–H and O–H groups in total. The second kappa shape index (κ2) is 8.84. The molecule has 1 atom stereocenters. The van der Waals surface area contributed by atoms with Gasteiger partial charge in [-0.1, -0.05) is 0 Å². The number of furan rings is 1. The Morgan fingerprint density at radius 3 is 2.52 bits per heavy atom. The fraction of sp³-hybridized carbons (Fsp3) is 0.353. The zero-order valence-corrected chi connectivity index (χ0v) is 14.4. The number of carbonyl (C=O) groups is 1. The monoisotopic (exact) mass is 347 g/mol. The minimum absolute atomic E-state index is 0.0359. The number of nitro benzene ring substituents is 1. The van der Waals surface area contributed by atoms with Crippen molar-refractivity contribution in [2.24, 2.45) is 0 Å². The van der Waals surface area contributed by atoms with Gasteiger partial charge in [0.1, 0.15) is 12.3 Å². The number of non-ortho nitro benzene ring substituents is 1. The molecule has 2 rings (SSSR count). The van der Waals surface area contributed by atoms with Gasteiger partial charge in [-0.2, -0.15) is 0 Å². The number of nitrogens with one attached hydrogen (secondary N) is 3. The van der Waals surface area contributed by atoms with Gasteiger partial charge in [-0.25, -0.2) is 0 Å². The largest absolute Gasteiger partial charge is 0.460 e. The van der Waals surface area contributed by atoms with Crippen LogP contribution in [0.15, 0.2) is 40.8 Å². The number of amides is 1. The molecular formula is C17H23N4O4+. The maximum Gasteiger partial charge on any atom is 0.275 e. The lowest BCUT2D eigenvalue weighted by Crippen LogP contribution is -3.08. The molecule has 0 aliphatic carbocycles. The Balaban J connectivity index is 1.63. The first-order valence-corrected chi connectivity index (χ1v) is 8.05. The van der Waals surface area contributed by atoms with Crippen LogP contribution in [0.5, 0.6) is 0 Å². The molecule has 0 radical (unpaired) electrons.